The van der Waals surface area contributed by atoms with Crippen molar-refractivity contribution in [1.82, 2.24) is 0 Å². The van der Waals surface area contributed by atoms with E-state index in [-0.39, 0.29) is 6.42 Å². The Hall–Kier alpha value is -0.990. The molecular formula is C13H20F6O3. The van der Waals surface area contributed by atoms with Crippen LogP contribution in [0.2, 0.25) is 0 Å². The third-order valence-electron chi connectivity index (χ3n) is 3.26. The monoisotopic (exact) mass is 338 g/mol. The summed E-state index contributed by atoms with van der Waals surface area (Å²) in [4.78, 5) is 12.0. The van der Waals surface area contributed by atoms with Crippen molar-refractivity contribution in [2.45, 2.75) is 71.0 Å². The maximum absolute atomic E-state index is 12.7. The van der Waals surface area contributed by atoms with Gasteiger partial charge in [-0.2, -0.15) is 26.3 Å². The van der Waals surface area contributed by atoms with Crippen molar-refractivity contribution in [3.8, 4) is 0 Å². The molecule has 132 valence electrons. The third kappa shape index (κ3) is 4.50. The normalized spacial score (nSPS) is 17.1. The van der Waals surface area contributed by atoms with Gasteiger partial charge in [0.15, 0.2) is 0 Å². The van der Waals surface area contributed by atoms with Crippen molar-refractivity contribution in [2.75, 3.05) is 0 Å². The summed E-state index contributed by atoms with van der Waals surface area (Å²) in [5, 5.41) is 9.24. The second kappa shape index (κ2) is 5.90. The van der Waals surface area contributed by atoms with Gasteiger partial charge >= 0.3 is 18.3 Å². The Balaban J connectivity index is 5.72. The molecule has 0 aliphatic heterocycles. The Morgan fingerprint density at radius 2 is 1.32 bits per heavy atom. The fourth-order valence-corrected chi connectivity index (χ4v) is 1.67. The Morgan fingerprint density at radius 1 is 0.955 bits per heavy atom. The van der Waals surface area contributed by atoms with Crippen LogP contribution in [0, 0.1) is 5.41 Å². The Bertz CT molecular complexity index is 393. The molecule has 0 aromatic rings. The summed E-state index contributed by atoms with van der Waals surface area (Å²) in [6.45, 7) is 6.45. The van der Waals surface area contributed by atoms with Crippen molar-refractivity contribution >= 4 is 5.97 Å². The molecule has 0 saturated carbocycles. The van der Waals surface area contributed by atoms with E-state index in [1.807, 2.05) is 0 Å². The van der Waals surface area contributed by atoms with E-state index >= 15 is 0 Å². The van der Waals surface area contributed by atoms with Crippen molar-refractivity contribution < 1.29 is 41.0 Å². The van der Waals surface area contributed by atoms with Crippen LogP contribution in [0.1, 0.15) is 47.5 Å². The van der Waals surface area contributed by atoms with E-state index in [0.29, 0.717) is 0 Å². The topological polar surface area (TPSA) is 46.5 Å². The largest absolute Gasteiger partial charge is 0.460 e. The molecule has 22 heavy (non-hydrogen) atoms. The van der Waals surface area contributed by atoms with Crippen LogP contribution >= 0.6 is 0 Å². The Kier molecular flexibility index (Phi) is 5.63. The molecule has 0 saturated heterocycles. The standard InChI is InChI=1S/C13H20F6O3/c1-6-10(5,8(20)22-9(2,3)4)7-11(21,12(14,15)16)13(17,18)19/h21H,6-7H2,1-5H3. The highest BCUT2D eigenvalue weighted by atomic mass is 19.4. The second-order valence-corrected chi connectivity index (χ2v) is 6.45. The fourth-order valence-electron chi connectivity index (χ4n) is 1.67. The summed E-state index contributed by atoms with van der Waals surface area (Å²) < 4.78 is 81.4. The summed E-state index contributed by atoms with van der Waals surface area (Å²) in [5.74, 6) is -1.23. The molecule has 1 N–H and O–H groups in total. The number of esters is 1. The lowest BCUT2D eigenvalue weighted by Gasteiger charge is -2.39. The van der Waals surface area contributed by atoms with Crippen molar-refractivity contribution in [3.63, 3.8) is 0 Å². The zero-order valence-corrected chi connectivity index (χ0v) is 12.9. The molecule has 0 amide bonds. The SMILES string of the molecule is CCC(C)(CC(O)(C(F)(F)F)C(F)(F)F)C(=O)OC(C)(C)C. The van der Waals surface area contributed by atoms with Gasteiger partial charge in [0.1, 0.15) is 5.60 Å². The molecule has 0 heterocycles. The van der Waals surface area contributed by atoms with Crippen LogP contribution in [0.25, 0.3) is 0 Å². The highest BCUT2D eigenvalue weighted by molar-refractivity contribution is 5.77. The molecule has 1 unspecified atom stereocenters. The van der Waals surface area contributed by atoms with E-state index in [0.717, 1.165) is 6.92 Å². The van der Waals surface area contributed by atoms with Gasteiger partial charge in [0.05, 0.1) is 5.41 Å². The van der Waals surface area contributed by atoms with Gasteiger partial charge in [-0.3, -0.25) is 4.79 Å². The lowest BCUT2D eigenvalue weighted by atomic mass is 9.75. The predicted molar refractivity (Wildman–Crippen MR) is 65.9 cm³/mol. The molecule has 3 nitrogen and oxygen atoms in total. The number of halogens is 6. The number of carbonyl (C=O) groups excluding carboxylic acids is 1. The van der Waals surface area contributed by atoms with Crippen LogP contribution in [-0.2, 0) is 9.53 Å². The van der Waals surface area contributed by atoms with Crippen LogP contribution in [0.15, 0.2) is 0 Å². The van der Waals surface area contributed by atoms with E-state index in [1.165, 1.54) is 27.7 Å². The first-order chi connectivity index (χ1) is 9.40. The lowest BCUT2D eigenvalue weighted by Crippen LogP contribution is -2.60. The van der Waals surface area contributed by atoms with Crippen molar-refractivity contribution in [2.24, 2.45) is 5.41 Å². The third-order valence-corrected chi connectivity index (χ3v) is 3.26. The lowest BCUT2D eigenvalue weighted by molar-refractivity contribution is -0.375. The molecule has 0 aromatic carbocycles. The van der Waals surface area contributed by atoms with Gasteiger partial charge in [-0.05, 0) is 34.1 Å². The summed E-state index contributed by atoms with van der Waals surface area (Å²) in [7, 11) is 0. The first kappa shape index (κ1) is 21.0. The van der Waals surface area contributed by atoms with Gasteiger partial charge in [-0.25, -0.2) is 0 Å². The van der Waals surface area contributed by atoms with E-state index < -0.39 is 41.4 Å². The molecule has 0 aromatic heterocycles. The Morgan fingerprint density at radius 3 is 1.55 bits per heavy atom. The Labute approximate surface area is 124 Å². The smallest absolute Gasteiger partial charge is 0.426 e. The zero-order valence-electron chi connectivity index (χ0n) is 12.9. The highest BCUT2D eigenvalue weighted by Crippen LogP contribution is 2.50. The average Bonchev–Trinajstić information content (AvgIpc) is 2.23. The molecule has 0 rings (SSSR count). The molecule has 9 heteroatoms. The molecule has 0 bridgehead atoms. The zero-order chi connectivity index (χ0) is 18.2. The van der Waals surface area contributed by atoms with Gasteiger partial charge in [-0.1, -0.05) is 6.92 Å². The number of hydrogen-bond acceptors (Lipinski definition) is 3. The minimum atomic E-state index is -5.97. The number of alkyl halides is 6. The van der Waals surface area contributed by atoms with E-state index in [2.05, 4.69) is 0 Å². The fraction of sp³-hybridized carbons (Fsp3) is 0.923. The predicted octanol–water partition coefficient (Wildman–Crippen LogP) is 3.99. The number of hydrogen-bond donors (Lipinski definition) is 1. The van der Waals surface area contributed by atoms with Crippen LogP contribution in [0.5, 0.6) is 0 Å². The molecule has 0 aliphatic rings. The van der Waals surface area contributed by atoms with Gasteiger partial charge in [0, 0.05) is 6.42 Å². The van der Waals surface area contributed by atoms with E-state index in [1.54, 1.807) is 0 Å². The summed E-state index contributed by atoms with van der Waals surface area (Å²) >= 11 is 0. The van der Waals surface area contributed by atoms with Crippen molar-refractivity contribution in [1.29, 1.82) is 0 Å². The number of carbonyl (C=O) groups is 1. The molecule has 0 fully saturated rings. The maximum Gasteiger partial charge on any atom is 0.426 e. The van der Waals surface area contributed by atoms with Crippen LogP contribution in [0.3, 0.4) is 0 Å². The minimum Gasteiger partial charge on any atom is -0.460 e. The second-order valence-electron chi connectivity index (χ2n) is 6.45. The summed E-state index contributed by atoms with van der Waals surface area (Å²) in [6.07, 6.45) is -14.2. The van der Waals surface area contributed by atoms with Crippen LogP contribution < -0.4 is 0 Å². The average molecular weight is 338 g/mol. The molecule has 0 radical (unpaired) electrons. The van der Waals surface area contributed by atoms with E-state index in [4.69, 9.17) is 4.74 Å². The molecular weight excluding hydrogens is 318 g/mol. The van der Waals surface area contributed by atoms with Gasteiger partial charge < -0.3 is 9.84 Å². The molecule has 0 aliphatic carbocycles. The van der Waals surface area contributed by atoms with Gasteiger partial charge in [0.25, 0.3) is 5.60 Å². The molecule has 0 spiro atoms. The van der Waals surface area contributed by atoms with Gasteiger partial charge in [0.2, 0.25) is 0 Å². The van der Waals surface area contributed by atoms with Gasteiger partial charge in [-0.15, -0.1) is 0 Å². The van der Waals surface area contributed by atoms with Crippen LogP contribution in [0.4, 0.5) is 26.3 Å². The number of rotatable bonds is 4. The highest BCUT2D eigenvalue weighted by Gasteiger charge is 2.72. The first-order valence-electron chi connectivity index (χ1n) is 6.49. The quantitative estimate of drug-likeness (QED) is 0.623. The summed E-state index contributed by atoms with van der Waals surface area (Å²) in [6, 6.07) is 0. The summed E-state index contributed by atoms with van der Waals surface area (Å²) in [5.41, 5.74) is -8.21. The van der Waals surface area contributed by atoms with Crippen LogP contribution in [-0.4, -0.2) is 34.6 Å². The maximum atomic E-state index is 12.7. The van der Waals surface area contributed by atoms with E-state index in [9.17, 15) is 36.2 Å². The van der Waals surface area contributed by atoms with Crippen molar-refractivity contribution in [3.05, 3.63) is 0 Å². The number of aliphatic hydroxyl groups is 1. The first-order valence-corrected chi connectivity index (χ1v) is 6.49. The minimum absolute atomic E-state index is 0.365. The number of ether oxygens (including phenoxy) is 1. The molecule has 1 atom stereocenters.